The van der Waals surface area contributed by atoms with Crippen LogP contribution in [0.25, 0.3) is 11.0 Å². The molecule has 0 saturated carbocycles. The lowest BCUT2D eigenvalue weighted by Crippen LogP contribution is -2.64. The van der Waals surface area contributed by atoms with Crippen LogP contribution in [0.1, 0.15) is 16.1 Å². The lowest BCUT2D eigenvalue weighted by atomic mass is 10.1. The Kier molecular flexibility index (Phi) is 3.65. The molecule has 2 aromatic rings. The molecular formula is C17H19N5O2. The number of hydrogen-bond donors (Lipinski definition) is 1. The molecule has 0 spiro atoms. The lowest BCUT2D eigenvalue weighted by Gasteiger charge is -2.43. The summed E-state index contributed by atoms with van der Waals surface area (Å²) in [4.78, 5) is 37.6. The number of aromatic nitrogens is 2. The molecule has 2 aromatic heterocycles. The van der Waals surface area contributed by atoms with E-state index in [4.69, 9.17) is 0 Å². The maximum Gasteiger partial charge on any atom is 0.255 e. The molecule has 4 heterocycles. The Morgan fingerprint density at radius 3 is 3.08 bits per heavy atom. The van der Waals surface area contributed by atoms with Gasteiger partial charge in [0, 0.05) is 44.3 Å². The lowest BCUT2D eigenvalue weighted by molar-refractivity contribution is -0.131. The van der Waals surface area contributed by atoms with Gasteiger partial charge in [-0.1, -0.05) is 0 Å². The minimum Gasteiger partial charge on any atom is -0.353 e. The van der Waals surface area contributed by atoms with Crippen LogP contribution in [0.4, 0.5) is 0 Å². The van der Waals surface area contributed by atoms with E-state index in [2.05, 4.69) is 20.2 Å². The summed E-state index contributed by atoms with van der Waals surface area (Å²) < 4.78 is 0. The van der Waals surface area contributed by atoms with Gasteiger partial charge in [-0.15, -0.1) is 0 Å². The Morgan fingerprint density at radius 1 is 1.33 bits per heavy atom. The van der Waals surface area contributed by atoms with Crippen molar-refractivity contribution in [3.63, 3.8) is 0 Å². The van der Waals surface area contributed by atoms with Crippen molar-refractivity contribution in [2.75, 3.05) is 32.7 Å². The molecular weight excluding hydrogens is 306 g/mol. The second kappa shape index (κ2) is 5.83. The fraction of sp³-hybridized carbons (Fsp3) is 0.412. The first-order valence-corrected chi connectivity index (χ1v) is 8.17. The number of aryl methyl sites for hydroxylation is 1. The van der Waals surface area contributed by atoms with E-state index in [0.29, 0.717) is 36.5 Å². The topological polar surface area (TPSA) is 78.4 Å². The van der Waals surface area contributed by atoms with Crippen molar-refractivity contribution in [1.29, 1.82) is 0 Å². The average molecular weight is 325 g/mol. The minimum absolute atomic E-state index is 0.0105. The Bertz CT molecular complexity index is 822. The summed E-state index contributed by atoms with van der Waals surface area (Å²) in [6.45, 7) is 5.14. The maximum absolute atomic E-state index is 13.0. The molecule has 2 aliphatic heterocycles. The second-order valence-corrected chi connectivity index (χ2v) is 6.27. The first-order valence-electron chi connectivity index (χ1n) is 8.17. The van der Waals surface area contributed by atoms with Gasteiger partial charge in [-0.05, 0) is 25.1 Å². The summed E-state index contributed by atoms with van der Waals surface area (Å²) >= 11 is 0. The number of carbonyl (C=O) groups excluding carboxylic acids is 2. The van der Waals surface area contributed by atoms with Crippen LogP contribution in [-0.2, 0) is 4.79 Å². The molecule has 2 saturated heterocycles. The molecule has 1 unspecified atom stereocenters. The van der Waals surface area contributed by atoms with Crippen molar-refractivity contribution in [2.45, 2.75) is 13.0 Å². The third kappa shape index (κ3) is 2.50. The van der Waals surface area contributed by atoms with Crippen molar-refractivity contribution < 1.29 is 9.59 Å². The number of rotatable bonds is 1. The number of nitrogens with zero attached hydrogens (tertiary/aromatic N) is 4. The smallest absolute Gasteiger partial charge is 0.255 e. The zero-order valence-electron chi connectivity index (χ0n) is 13.5. The molecule has 24 heavy (non-hydrogen) atoms. The fourth-order valence-electron chi connectivity index (χ4n) is 3.44. The van der Waals surface area contributed by atoms with Crippen LogP contribution in [0.2, 0.25) is 0 Å². The van der Waals surface area contributed by atoms with Gasteiger partial charge in [0.05, 0.1) is 11.3 Å². The standard InChI is InChI=1S/C17H19N5O2/c1-11-13(9-12-3-2-4-18-15(12)20-11)17(24)22-8-7-21-6-5-19-16(23)14(21)10-22/h2-4,9,14H,5-8,10H2,1H3,(H,19,23). The van der Waals surface area contributed by atoms with E-state index in [9.17, 15) is 9.59 Å². The van der Waals surface area contributed by atoms with Gasteiger partial charge in [-0.25, -0.2) is 9.97 Å². The maximum atomic E-state index is 13.0. The highest BCUT2D eigenvalue weighted by molar-refractivity contribution is 5.98. The first-order chi connectivity index (χ1) is 11.6. The molecule has 2 amide bonds. The van der Waals surface area contributed by atoms with Gasteiger partial charge in [-0.2, -0.15) is 0 Å². The highest BCUT2D eigenvalue weighted by Gasteiger charge is 2.36. The number of pyridine rings is 2. The summed E-state index contributed by atoms with van der Waals surface area (Å²) in [7, 11) is 0. The van der Waals surface area contributed by atoms with Crippen LogP contribution < -0.4 is 5.32 Å². The molecule has 7 heteroatoms. The molecule has 0 radical (unpaired) electrons. The average Bonchev–Trinajstić information content (AvgIpc) is 2.60. The van der Waals surface area contributed by atoms with E-state index in [-0.39, 0.29) is 17.9 Å². The second-order valence-electron chi connectivity index (χ2n) is 6.27. The molecule has 124 valence electrons. The predicted molar refractivity (Wildman–Crippen MR) is 88.5 cm³/mol. The quantitative estimate of drug-likeness (QED) is 0.810. The molecule has 2 aliphatic rings. The van der Waals surface area contributed by atoms with E-state index in [1.165, 1.54) is 0 Å². The first kappa shape index (κ1) is 15.0. The van der Waals surface area contributed by atoms with Gasteiger partial charge in [0.2, 0.25) is 5.91 Å². The number of piperazine rings is 2. The van der Waals surface area contributed by atoms with Gasteiger partial charge < -0.3 is 10.2 Å². The van der Waals surface area contributed by atoms with E-state index in [1.54, 1.807) is 11.1 Å². The van der Waals surface area contributed by atoms with Crippen LogP contribution in [0, 0.1) is 6.92 Å². The van der Waals surface area contributed by atoms with Gasteiger partial charge in [-0.3, -0.25) is 14.5 Å². The van der Waals surface area contributed by atoms with Gasteiger partial charge in [0.1, 0.15) is 6.04 Å². The monoisotopic (exact) mass is 325 g/mol. The third-order valence-corrected chi connectivity index (χ3v) is 4.79. The molecule has 7 nitrogen and oxygen atoms in total. The summed E-state index contributed by atoms with van der Waals surface area (Å²) in [6, 6.07) is 5.34. The highest BCUT2D eigenvalue weighted by Crippen LogP contribution is 2.19. The molecule has 0 bridgehead atoms. The number of carbonyl (C=O) groups is 2. The van der Waals surface area contributed by atoms with Crippen molar-refractivity contribution in [3.8, 4) is 0 Å². The number of nitrogens with one attached hydrogen (secondary N) is 1. The molecule has 1 N–H and O–H groups in total. The largest absolute Gasteiger partial charge is 0.353 e. The SMILES string of the molecule is Cc1nc2ncccc2cc1C(=O)N1CCN2CCNC(=O)C2C1. The number of amides is 2. The zero-order chi connectivity index (χ0) is 16.7. The molecule has 0 aromatic carbocycles. The van der Waals surface area contributed by atoms with Gasteiger partial charge >= 0.3 is 0 Å². The molecule has 2 fully saturated rings. The highest BCUT2D eigenvalue weighted by atomic mass is 16.2. The molecule has 4 rings (SSSR count). The van der Waals surface area contributed by atoms with Crippen molar-refractivity contribution in [2.24, 2.45) is 0 Å². The van der Waals surface area contributed by atoms with Crippen LogP contribution in [0.5, 0.6) is 0 Å². The molecule has 1 atom stereocenters. The zero-order valence-corrected chi connectivity index (χ0v) is 13.5. The summed E-state index contributed by atoms with van der Waals surface area (Å²) in [5.74, 6) is -0.0555. The normalized spacial score (nSPS) is 21.5. The van der Waals surface area contributed by atoms with Crippen LogP contribution in [0.3, 0.4) is 0 Å². The van der Waals surface area contributed by atoms with Crippen LogP contribution in [-0.4, -0.2) is 70.3 Å². The summed E-state index contributed by atoms with van der Waals surface area (Å²) in [5.41, 5.74) is 1.89. The van der Waals surface area contributed by atoms with Crippen LogP contribution in [0.15, 0.2) is 24.4 Å². The van der Waals surface area contributed by atoms with Crippen molar-refractivity contribution in [3.05, 3.63) is 35.7 Å². The predicted octanol–water partition coefficient (Wildman–Crippen LogP) is 0.194. The Labute approximate surface area is 139 Å². The van der Waals surface area contributed by atoms with Gasteiger partial charge in [0.25, 0.3) is 5.91 Å². The Balaban J connectivity index is 1.62. The van der Waals surface area contributed by atoms with Crippen molar-refractivity contribution >= 4 is 22.8 Å². The van der Waals surface area contributed by atoms with E-state index < -0.39 is 0 Å². The fourth-order valence-corrected chi connectivity index (χ4v) is 3.44. The third-order valence-electron chi connectivity index (χ3n) is 4.79. The molecule has 0 aliphatic carbocycles. The Hall–Kier alpha value is -2.54. The minimum atomic E-state index is -0.244. The number of hydrogen-bond acceptors (Lipinski definition) is 5. The van der Waals surface area contributed by atoms with Crippen molar-refractivity contribution in [1.82, 2.24) is 25.1 Å². The van der Waals surface area contributed by atoms with E-state index in [1.807, 2.05) is 25.1 Å². The van der Waals surface area contributed by atoms with Gasteiger partial charge in [0.15, 0.2) is 5.65 Å². The summed E-state index contributed by atoms with van der Waals surface area (Å²) in [6.07, 6.45) is 1.69. The Morgan fingerprint density at radius 2 is 2.21 bits per heavy atom. The van der Waals surface area contributed by atoms with E-state index in [0.717, 1.165) is 18.5 Å². The summed E-state index contributed by atoms with van der Waals surface area (Å²) in [5, 5.41) is 3.72. The van der Waals surface area contributed by atoms with Crippen LogP contribution >= 0.6 is 0 Å². The van der Waals surface area contributed by atoms with E-state index >= 15 is 0 Å². The number of fused-ring (bicyclic) bond motifs is 2.